The number of aromatic nitrogens is 3. The number of nitrogens with one attached hydrogen (secondary N) is 2. The number of thioether (sulfide) groups is 1. The van der Waals surface area contributed by atoms with Crippen molar-refractivity contribution in [2.24, 2.45) is 0 Å². The summed E-state index contributed by atoms with van der Waals surface area (Å²) in [5.41, 5.74) is 2.24. The van der Waals surface area contributed by atoms with E-state index in [1.54, 1.807) is 11.8 Å². The summed E-state index contributed by atoms with van der Waals surface area (Å²) in [6.45, 7) is 2.55. The van der Waals surface area contributed by atoms with E-state index in [2.05, 4.69) is 20.5 Å². The van der Waals surface area contributed by atoms with Crippen LogP contribution in [0.15, 0.2) is 84.3 Å². The van der Waals surface area contributed by atoms with Gasteiger partial charge in [0, 0.05) is 11.3 Å². The van der Waals surface area contributed by atoms with E-state index in [-0.39, 0.29) is 5.91 Å². The van der Waals surface area contributed by atoms with Crippen molar-refractivity contribution in [3.63, 3.8) is 0 Å². The number of hydrogen-bond donors (Lipinski definition) is 2. The minimum absolute atomic E-state index is 0.206. The molecule has 0 unspecified atom stereocenters. The number of nitrogens with zero attached hydrogens (tertiary/aromatic N) is 2. The van der Waals surface area contributed by atoms with E-state index in [9.17, 15) is 4.79 Å². The molecule has 0 saturated heterocycles. The van der Waals surface area contributed by atoms with Gasteiger partial charge in [0.15, 0.2) is 10.9 Å². The van der Waals surface area contributed by atoms with E-state index in [1.165, 1.54) is 6.33 Å². The molecule has 0 saturated carbocycles. The molecule has 0 bridgehead atoms. The van der Waals surface area contributed by atoms with Crippen molar-refractivity contribution in [3.8, 4) is 17.2 Å². The molecule has 0 spiro atoms. The molecule has 4 aromatic rings. The quantitative estimate of drug-likeness (QED) is 0.328. The zero-order valence-electron chi connectivity index (χ0n) is 17.4. The second kappa shape index (κ2) is 10.5. The summed E-state index contributed by atoms with van der Waals surface area (Å²) >= 11 is 1.55. The lowest BCUT2D eigenvalue weighted by atomic mass is 10.1. The van der Waals surface area contributed by atoms with Crippen LogP contribution in [0.25, 0.3) is 0 Å². The van der Waals surface area contributed by atoms with E-state index in [0.29, 0.717) is 29.4 Å². The van der Waals surface area contributed by atoms with Crippen molar-refractivity contribution in [1.29, 1.82) is 0 Å². The van der Waals surface area contributed by atoms with Gasteiger partial charge in [0.05, 0.1) is 12.3 Å². The van der Waals surface area contributed by atoms with Gasteiger partial charge in [-0.2, -0.15) is 5.10 Å². The van der Waals surface area contributed by atoms with Gasteiger partial charge < -0.3 is 14.8 Å². The van der Waals surface area contributed by atoms with Crippen LogP contribution < -0.4 is 14.8 Å². The first-order valence-corrected chi connectivity index (χ1v) is 11.1. The Hall–Kier alpha value is -3.78. The molecule has 7 nitrogen and oxygen atoms in total. The minimum atomic E-state index is -0.206. The lowest BCUT2D eigenvalue weighted by Gasteiger charge is -2.13. The lowest BCUT2D eigenvalue weighted by Crippen LogP contribution is -2.12. The van der Waals surface area contributed by atoms with E-state index in [4.69, 9.17) is 9.47 Å². The largest absolute Gasteiger partial charge is 0.494 e. The zero-order chi connectivity index (χ0) is 22.2. The molecule has 1 heterocycles. The van der Waals surface area contributed by atoms with Gasteiger partial charge in [0.2, 0.25) is 0 Å². The van der Waals surface area contributed by atoms with Crippen LogP contribution in [0.1, 0.15) is 22.8 Å². The van der Waals surface area contributed by atoms with Crippen molar-refractivity contribution >= 4 is 23.4 Å². The van der Waals surface area contributed by atoms with Gasteiger partial charge in [0.25, 0.3) is 5.91 Å². The first-order valence-electron chi connectivity index (χ1n) is 10.1. The summed E-state index contributed by atoms with van der Waals surface area (Å²) < 4.78 is 11.4. The lowest BCUT2D eigenvalue weighted by molar-refractivity contribution is 0.102. The number of aromatic amines is 1. The van der Waals surface area contributed by atoms with E-state index < -0.39 is 0 Å². The number of H-pyrrole nitrogens is 1. The molecule has 1 aromatic heterocycles. The average molecular weight is 447 g/mol. The van der Waals surface area contributed by atoms with Crippen LogP contribution in [0.2, 0.25) is 0 Å². The van der Waals surface area contributed by atoms with Gasteiger partial charge in [-0.05, 0) is 61.0 Å². The molecule has 0 atom stereocenters. The predicted octanol–water partition coefficient (Wildman–Crippen LogP) is 5.54. The number of hydrogen-bond acceptors (Lipinski definition) is 6. The molecule has 0 aliphatic heterocycles. The van der Waals surface area contributed by atoms with Crippen LogP contribution in [0.5, 0.6) is 17.2 Å². The molecule has 0 fully saturated rings. The molecule has 0 aliphatic rings. The molecule has 162 valence electrons. The molecule has 32 heavy (non-hydrogen) atoms. The highest BCUT2D eigenvalue weighted by molar-refractivity contribution is 7.98. The SMILES string of the molecule is CCOc1ccc(Oc2ccccc2NC(=O)c2ccc(CSc3ncn[nH]3)cc2)cc1. The number of anilines is 1. The molecule has 0 aliphatic carbocycles. The van der Waals surface area contributed by atoms with Crippen LogP contribution in [0.3, 0.4) is 0 Å². The molecule has 8 heteroatoms. The van der Waals surface area contributed by atoms with E-state index in [0.717, 1.165) is 22.2 Å². The van der Waals surface area contributed by atoms with Gasteiger partial charge in [-0.25, -0.2) is 4.98 Å². The summed E-state index contributed by atoms with van der Waals surface area (Å²) in [5.74, 6) is 2.52. The highest BCUT2D eigenvalue weighted by Gasteiger charge is 2.11. The number of benzene rings is 3. The minimum Gasteiger partial charge on any atom is -0.494 e. The van der Waals surface area contributed by atoms with Crippen molar-refractivity contribution in [1.82, 2.24) is 15.2 Å². The van der Waals surface area contributed by atoms with Gasteiger partial charge >= 0.3 is 0 Å². The summed E-state index contributed by atoms with van der Waals surface area (Å²) in [6, 6.07) is 22.2. The maximum absolute atomic E-state index is 12.8. The Bertz CT molecular complexity index is 1150. The molecule has 0 radical (unpaired) electrons. The molecule has 4 rings (SSSR count). The second-order valence-electron chi connectivity index (χ2n) is 6.73. The smallest absolute Gasteiger partial charge is 0.255 e. The molecule has 3 aromatic carbocycles. The fourth-order valence-corrected chi connectivity index (χ4v) is 3.65. The third-order valence-corrected chi connectivity index (χ3v) is 5.43. The van der Waals surface area contributed by atoms with Crippen molar-refractivity contribution in [2.75, 3.05) is 11.9 Å². The summed E-state index contributed by atoms with van der Waals surface area (Å²) in [6.07, 6.45) is 1.48. The Morgan fingerprint density at radius 3 is 2.47 bits per heavy atom. The van der Waals surface area contributed by atoms with Gasteiger partial charge in [-0.3, -0.25) is 9.89 Å². The highest BCUT2D eigenvalue weighted by Crippen LogP contribution is 2.30. The Morgan fingerprint density at radius 1 is 1.00 bits per heavy atom. The normalized spacial score (nSPS) is 10.5. The predicted molar refractivity (Wildman–Crippen MR) is 124 cm³/mol. The fraction of sp³-hybridized carbons (Fsp3) is 0.125. The first-order chi connectivity index (χ1) is 15.7. The number of rotatable bonds is 9. The van der Waals surface area contributed by atoms with Crippen LogP contribution in [-0.4, -0.2) is 27.7 Å². The Kier molecular flexibility index (Phi) is 7.04. The molecule has 1 amide bonds. The van der Waals surface area contributed by atoms with Crippen LogP contribution in [0, 0.1) is 0 Å². The van der Waals surface area contributed by atoms with Crippen LogP contribution in [0.4, 0.5) is 5.69 Å². The van der Waals surface area contributed by atoms with Crippen LogP contribution in [-0.2, 0) is 5.75 Å². The summed E-state index contributed by atoms with van der Waals surface area (Å²) in [4.78, 5) is 16.9. The molecule has 2 N–H and O–H groups in total. The first kappa shape index (κ1) is 21.5. The third kappa shape index (κ3) is 5.67. The third-order valence-electron chi connectivity index (χ3n) is 4.48. The highest BCUT2D eigenvalue weighted by atomic mass is 32.2. The van der Waals surface area contributed by atoms with E-state index >= 15 is 0 Å². The van der Waals surface area contributed by atoms with E-state index in [1.807, 2.05) is 79.7 Å². The molecular weight excluding hydrogens is 424 g/mol. The van der Waals surface area contributed by atoms with Crippen molar-refractivity contribution < 1.29 is 14.3 Å². The average Bonchev–Trinajstić information content (AvgIpc) is 3.34. The number of carbonyl (C=O) groups excluding carboxylic acids is 1. The van der Waals surface area contributed by atoms with Crippen LogP contribution >= 0.6 is 11.8 Å². The van der Waals surface area contributed by atoms with Gasteiger partial charge in [-0.15, -0.1) is 0 Å². The fourth-order valence-electron chi connectivity index (χ4n) is 2.92. The Morgan fingerprint density at radius 2 is 1.75 bits per heavy atom. The van der Waals surface area contributed by atoms with Gasteiger partial charge in [-0.1, -0.05) is 36.0 Å². The Labute approximate surface area is 190 Å². The van der Waals surface area contributed by atoms with Crippen molar-refractivity contribution in [2.45, 2.75) is 17.8 Å². The maximum atomic E-state index is 12.8. The van der Waals surface area contributed by atoms with Gasteiger partial charge in [0.1, 0.15) is 17.8 Å². The number of carbonyl (C=O) groups is 1. The Balaban J connectivity index is 1.39. The number of para-hydroxylation sites is 2. The molecular formula is C24H22N4O3S. The topological polar surface area (TPSA) is 89.1 Å². The zero-order valence-corrected chi connectivity index (χ0v) is 18.3. The maximum Gasteiger partial charge on any atom is 0.255 e. The second-order valence-corrected chi connectivity index (χ2v) is 7.70. The number of ether oxygens (including phenoxy) is 2. The van der Waals surface area contributed by atoms with Crippen molar-refractivity contribution in [3.05, 3.63) is 90.3 Å². The summed E-state index contributed by atoms with van der Waals surface area (Å²) in [5, 5.41) is 10.3. The number of amides is 1. The standard InChI is InChI=1S/C24H22N4O3S/c1-2-30-19-11-13-20(14-12-19)31-22-6-4-3-5-21(22)27-23(29)18-9-7-17(8-10-18)15-32-24-25-16-26-28-24/h3-14,16H,2,15H2,1H3,(H,27,29)(H,25,26,28). The monoisotopic (exact) mass is 446 g/mol. The summed E-state index contributed by atoms with van der Waals surface area (Å²) in [7, 11) is 0.